The monoisotopic (exact) mass is 407 g/mol. The van der Waals surface area contributed by atoms with Crippen molar-refractivity contribution < 1.29 is 4.79 Å². The highest BCUT2D eigenvalue weighted by Crippen LogP contribution is 2.21. The van der Waals surface area contributed by atoms with Gasteiger partial charge in [0.1, 0.15) is 0 Å². The molecule has 0 spiro atoms. The number of nitrogens with one attached hydrogen (secondary N) is 1. The average Bonchev–Trinajstić information content (AvgIpc) is 3.33. The van der Waals surface area contributed by atoms with Gasteiger partial charge in [0.2, 0.25) is 5.91 Å². The highest BCUT2D eigenvalue weighted by Gasteiger charge is 2.32. The number of hydrogen-bond donors (Lipinski definition) is 1. The van der Waals surface area contributed by atoms with Crippen LogP contribution in [0.3, 0.4) is 0 Å². The summed E-state index contributed by atoms with van der Waals surface area (Å²) in [7, 11) is 0. The van der Waals surface area contributed by atoms with Crippen LogP contribution >= 0.6 is 12.4 Å². The van der Waals surface area contributed by atoms with E-state index in [2.05, 4.69) is 20.9 Å². The van der Waals surface area contributed by atoms with Crippen molar-refractivity contribution >= 4 is 24.0 Å². The van der Waals surface area contributed by atoms with Gasteiger partial charge in [-0.1, -0.05) is 30.3 Å². The number of benzene rings is 2. The number of anilines is 1. The third-order valence-electron chi connectivity index (χ3n) is 5.04. The summed E-state index contributed by atoms with van der Waals surface area (Å²) >= 11 is 0. The molecule has 29 heavy (non-hydrogen) atoms. The van der Waals surface area contributed by atoms with Gasteiger partial charge in [-0.15, -0.1) is 12.4 Å². The smallest absolute Gasteiger partial charge is 0.244 e. The second-order valence-corrected chi connectivity index (χ2v) is 6.87. The second-order valence-electron chi connectivity index (χ2n) is 6.87. The number of nitrogens with zero attached hydrogens (tertiary/aromatic N) is 4. The van der Waals surface area contributed by atoms with Crippen LogP contribution < -0.4 is 10.2 Å². The maximum absolute atomic E-state index is 12.7. The summed E-state index contributed by atoms with van der Waals surface area (Å²) in [5.41, 5.74) is 3.72. The Balaban J connectivity index is 0.00000240. The van der Waals surface area contributed by atoms with E-state index >= 15 is 0 Å². The molecule has 2 heterocycles. The highest BCUT2D eigenvalue weighted by atomic mass is 35.5. The van der Waals surface area contributed by atoms with Gasteiger partial charge in [-0.25, -0.2) is 4.98 Å². The lowest BCUT2D eigenvalue weighted by Crippen LogP contribution is -2.38. The Kier molecular flexibility index (Phi) is 6.65. The van der Waals surface area contributed by atoms with Gasteiger partial charge in [0.05, 0.1) is 29.7 Å². The Labute approximate surface area is 176 Å². The molecular weight excluding hydrogens is 386 g/mol. The van der Waals surface area contributed by atoms with Crippen LogP contribution in [0.1, 0.15) is 23.2 Å². The number of amides is 1. The lowest BCUT2D eigenvalue weighted by atomic mass is 10.1. The van der Waals surface area contributed by atoms with Crippen LogP contribution in [0.5, 0.6) is 0 Å². The predicted octanol–water partition coefficient (Wildman–Crippen LogP) is 3.12. The lowest BCUT2D eigenvalue weighted by molar-refractivity contribution is -0.118. The summed E-state index contributed by atoms with van der Waals surface area (Å²) in [6.07, 6.45) is 4.41. The molecule has 0 unspecified atom stereocenters. The van der Waals surface area contributed by atoms with E-state index in [1.54, 1.807) is 6.33 Å². The standard InChI is InChI=1S/C22H21N5O.ClH/c23-12-17-6-8-18(9-7-17)15-26-16-24-13-20(26)14-25-21-10-11-27(22(21)28)19-4-2-1-3-5-19;/h1-9,13,16,21,25H,10-11,14-15H2;1H/t21-;/m0./s1. The Hall–Kier alpha value is -3.14. The van der Waals surface area contributed by atoms with E-state index in [0.29, 0.717) is 18.7 Å². The first-order valence-electron chi connectivity index (χ1n) is 9.32. The summed E-state index contributed by atoms with van der Waals surface area (Å²) in [6.45, 7) is 1.98. The number of para-hydroxylation sites is 1. The zero-order valence-electron chi connectivity index (χ0n) is 15.9. The van der Waals surface area contributed by atoms with Gasteiger partial charge in [-0.2, -0.15) is 5.26 Å². The van der Waals surface area contributed by atoms with Crippen LogP contribution in [0.15, 0.2) is 67.1 Å². The number of rotatable bonds is 6. The Morgan fingerprint density at radius 2 is 1.90 bits per heavy atom. The minimum absolute atomic E-state index is 0. The van der Waals surface area contributed by atoms with Crippen LogP contribution in [0.2, 0.25) is 0 Å². The molecule has 4 rings (SSSR count). The molecule has 1 aromatic heterocycles. The first-order valence-corrected chi connectivity index (χ1v) is 9.32. The van der Waals surface area contributed by atoms with Gasteiger partial charge in [0.25, 0.3) is 0 Å². The van der Waals surface area contributed by atoms with Crippen LogP contribution in [0, 0.1) is 11.3 Å². The molecule has 6 nitrogen and oxygen atoms in total. The normalized spacial score (nSPS) is 15.8. The van der Waals surface area contributed by atoms with Crippen LogP contribution in [0.25, 0.3) is 0 Å². The van der Waals surface area contributed by atoms with Crippen molar-refractivity contribution in [2.45, 2.75) is 25.6 Å². The van der Waals surface area contributed by atoms with E-state index in [-0.39, 0.29) is 24.4 Å². The number of aromatic nitrogens is 2. The molecule has 1 atom stereocenters. The van der Waals surface area contributed by atoms with Gasteiger partial charge >= 0.3 is 0 Å². The van der Waals surface area contributed by atoms with Gasteiger partial charge < -0.3 is 14.8 Å². The minimum Gasteiger partial charge on any atom is -0.329 e. The Bertz CT molecular complexity index is 994. The lowest BCUT2D eigenvalue weighted by Gasteiger charge is -2.17. The molecule has 1 aliphatic heterocycles. The summed E-state index contributed by atoms with van der Waals surface area (Å²) in [6, 6.07) is 19.3. The average molecular weight is 408 g/mol. The number of nitriles is 1. The molecule has 1 N–H and O–H groups in total. The molecule has 0 bridgehead atoms. The van der Waals surface area contributed by atoms with E-state index in [9.17, 15) is 4.79 Å². The molecule has 0 radical (unpaired) electrons. The van der Waals surface area contributed by atoms with Gasteiger partial charge in [0.15, 0.2) is 0 Å². The number of halogens is 1. The Morgan fingerprint density at radius 3 is 2.62 bits per heavy atom. The molecule has 3 aromatic rings. The van der Waals surface area contributed by atoms with Crippen molar-refractivity contribution in [1.29, 1.82) is 5.26 Å². The van der Waals surface area contributed by atoms with E-state index in [4.69, 9.17) is 5.26 Å². The zero-order chi connectivity index (χ0) is 19.3. The first kappa shape index (κ1) is 20.6. The molecule has 1 saturated heterocycles. The molecule has 1 amide bonds. The summed E-state index contributed by atoms with van der Waals surface area (Å²) in [4.78, 5) is 18.8. The summed E-state index contributed by atoms with van der Waals surface area (Å²) in [5.74, 6) is 0.115. The van der Waals surface area contributed by atoms with Crippen molar-refractivity contribution in [1.82, 2.24) is 14.9 Å². The number of imidazole rings is 1. The van der Waals surface area contributed by atoms with Crippen LogP contribution in [-0.4, -0.2) is 28.0 Å². The van der Waals surface area contributed by atoms with Crippen molar-refractivity contribution in [2.24, 2.45) is 0 Å². The van der Waals surface area contributed by atoms with Crippen molar-refractivity contribution in [3.63, 3.8) is 0 Å². The number of hydrogen-bond acceptors (Lipinski definition) is 4. The fourth-order valence-corrected chi connectivity index (χ4v) is 3.48. The van der Waals surface area contributed by atoms with Gasteiger partial charge in [-0.05, 0) is 36.2 Å². The second kappa shape index (κ2) is 9.37. The molecular formula is C22H22ClN5O. The fourth-order valence-electron chi connectivity index (χ4n) is 3.48. The summed E-state index contributed by atoms with van der Waals surface area (Å²) in [5, 5.41) is 12.3. The van der Waals surface area contributed by atoms with Crippen molar-refractivity contribution in [3.8, 4) is 6.07 Å². The number of carbonyl (C=O) groups excluding carboxylic acids is 1. The molecule has 1 aliphatic rings. The van der Waals surface area contributed by atoms with E-state index < -0.39 is 0 Å². The third kappa shape index (κ3) is 4.65. The minimum atomic E-state index is -0.182. The van der Waals surface area contributed by atoms with Crippen molar-refractivity contribution in [3.05, 3.63) is 83.9 Å². The molecule has 0 aliphatic carbocycles. The molecule has 148 valence electrons. The first-order chi connectivity index (χ1) is 13.7. The van der Waals surface area contributed by atoms with Crippen LogP contribution in [0.4, 0.5) is 5.69 Å². The third-order valence-corrected chi connectivity index (χ3v) is 5.04. The highest BCUT2D eigenvalue weighted by molar-refractivity contribution is 5.99. The quantitative estimate of drug-likeness (QED) is 0.681. The zero-order valence-corrected chi connectivity index (χ0v) is 16.7. The topological polar surface area (TPSA) is 74.0 Å². The van der Waals surface area contributed by atoms with Gasteiger partial charge in [0, 0.05) is 31.5 Å². The fraction of sp³-hybridized carbons (Fsp3) is 0.227. The van der Waals surface area contributed by atoms with Gasteiger partial charge in [-0.3, -0.25) is 4.79 Å². The maximum Gasteiger partial charge on any atom is 0.244 e. The largest absolute Gasteiger partial charge is 0.329 e. The van der Waals surface area contributed by atoms with E-state index in [0.717, 1.165) is 29.9 Å². The SMILES string of the molecule is Cl.N#Cc1ccc(Cn2cncc2CN[C@H]2CCN(c3ccccc3)C2=O)cc1. The molecule has 1 fully saturated rings. The van der Waals surface area contributed by atoms with Crippen LogP contribution in [-0.2, 0) is 17.9 Å². The molecule has 7 heteroatoms. The number of carbonyl (C=O) groups is 1. The van der Waals surface area contributed by atoms with E-state index in [1.807, 2.05) is 65.7 Å². The maximum atomic E-state index is 12.7. The predicted molar refractivity (Wildman–Crippen MR) is 114 cm³/mol. The molecule has 2 aromatic carbocycles. The Morgan fingerprint density at radius 1 is 1.14 bits per heavy atom. The van der Waals surface area contributed by atoms with Crippen molar-refractivity contribution in [2.75, 3.05) is 11.4 Å². The summed E-state index contributed by atoms with van der Waals surface area (Å²) < 4.78 is 2.06. The van der Waals surface area contributed by atoms with E-state index in [1.165, 1.54) is 0 Å². The molecule has 0 saturated carbocycles.